The van der Waals surface area contributed by atoms with Crippen LogP contribution in [0.1, 0.15) is 12.8 Å². The molecule has 1 rings (SSSR count). The van der Waals surface area contributed by atoms with E-state index in [1.807, 2.05) is 0 Å². The lowest BCUT2D eigenvalue weighted by atomic mass is 10.0. The first-order valence-corrected chi connectivity index (χ1v) is 4.28. The molecule has 11 heavy (non-hydrogen) atoms. The van der Waals surface area contributed by atoms with Gasteiger partial charge >= 0.3 is 0 Å². The first-order chi connectivity index (χ1) is 5.43. The Bertz CT molecular complexity index is 94.1. The van der Waals surface area contributed by atoms with Crippen LogP contribution in [0.15, 0.2) is 0 Å². The minimum Gasteiger partial charge on any atom is -0.378 e. The van der Waals surface area contributed by atoms with Gasteiger partial charge in [-0.05, 0) is 25.3 Å². The lowest BCUT2D eigenvalue weighted by Crippen LogP contribution is -2.32. The maximum atomic E-state index is 11.6. The van der Waals surface area contributed by atoms with Gasteiger partial charge in [-0.25, -0.2) is 4.39 Å². The lowest BCUT2D eigenvalue weighted by molar-refractivity contribution is 0.0798. The molecule has 0 unspecified atom stereocenters. The normalized spacial score (nSPS) is 25.4. The van der Waals surface area contributed by atoms with Crippen LogP contribution in [0.4, 0.5) is 4.39 Å². The van der Waals surface area contributed by atoms with Gasteiger partial charge in [-0.15, -0.1) is 0 Å². The molecule has 3 heteroatoms. The Morgan fingerprint density at radius 2 is 2.45 bits per heavy atom. The molecule has 2 nitrogen and oxygen atoms in total. The summed E-state index contributed by atoms with van der Waals surface area (Å²) in [6, 6.07) is 0. The van der Waals surface area contributed by atoms with Crippen molar-refractivity contribution in [2.24, 2.45) is 5.92 Å². The Kier molecular flexibility index (Phi) is 4.47. The Hall–Kier alpha value is -0.150. The molecule has 0 amide bonds. The smallest absolute Gasteiger partial charge is 0.113 e. The average Bonchev–Trinajstić information content (AvgIpc) is 2.07. The second kappa shape index (κ2) is 5.49. The fourth-order valence-corrected chi connectivity index (χ4v) is 1.37. The van der Waals surface area contributed by atoms with E-state index in [0.29, 0.717) is 5.92 Å². The van der Waals surface area contributed by atoms with Crippen molar-refractivity contribution >= 4 is 0 Å². The van der Waals surface area contributed by atoms with Crippen LogP contribution in [0, 0.1) is 5.92 Å². The largest absolute Gasteiger partial charge is 0.378 e. The quantitative estimate of drug-likeness (QED) is 0.620. The van der Waals surface area contributed by atoms with Gasteiger partial charge in [0.2, 0.25) is 0 Å². The summed E-state index contributed by atoms with van der Waals surface area (Å²) in [4.78, 5) is 0. The van der Waals surface area contributed by atoms with E-state index < -0.39 is 0 Å². The molecule has 1 heterocycles. The third-order valence-corrected chi connectivity index (χ3v) is 1.97. The minimum atomic E-state index is -0.361. The Morgan fingerprint density at radius 3 is 3.09 bits per heavy atom. The molecule has 0 saturated carbocycles. The lowest BCUT2D eigenvalue weighted by Gasteiger charge is -2.22. The monoisotopic (exact) mass is 161 g/mol. The fourth-order valence-electron chi connectivity index (χ4n) is 1.37. The summed E-state index contributed by atoms with van der Waals surface area (Å²) in [7, 11) is 0. The number of ether oxygens (including phenoxy) is 1. The number of piperidine rings is 1. The molecule has 0 aliphatic carbocycles. The molecule has 1 N–H and O–H groups in total. The van der Waals surface area contributed by atoms with E-state index in [4.69, 9.17) is 4.74 Å². The predicted octanol–water partition coefficient (Wildman–Crippen LogP) is 0.972. The molecular formula is C8H16FNO. The van der Waals surface area contributed by atoms with Gasteiger partial charge in [0.05, 0.1) is 13.2 Å². The van der Waals surface area contributed by atoms with Gasteiger partial charge in [-0.1, -0.05) is 0 Å². The third-order valence-electron chi connectivity index (χ3n) is 1.97. The number of alkyl halides is 1. The zero-order chi connectivity index (χ0) is 7.94. The van der Waals surface area contributed by atoms with Gasteiger partial charge in [0.25, 0.3) is 0 Å². The molecule has 1 aliphatic rings. The number of rotatable bonds is 4. The van der Waals surface area contributed by atoms with Gasteiger partial charge < -0.3 is 10.1 Å². The van der Waals surface area contributed by atoms with Crippen LogP contribution in [-0.2, 0) is 4.74 Å². The van der Waals surface area contributed by atoms with E-state index in [1.165, 1.54) is 12.8 Å². The van der Waals surface area contributed by atoms with E-state index in [9.17, 15) is 4.39 Å². The standard InChI is InChI=1S/C8H16FNO/c9-3-5-11-7-8-2-1-4-10-6-8/h8,10H,1-7H2/t8-/m0/s1. The van der Waals surface area contributed by atoms with E-state index in [-0.39, 0.29) is 13.3 Å². The Labute approximate surface area is 67.1 Å². The van der Waals surface area contributed by atoms with Crippen molar-refractivity contribution in [2.45, 2.75) is 12.8 Å². The van der Waals surface area contributed by atoms with Crippen LogP contribution in [0.5, 0.6) is 0 Å². The van der Waals surface area contributed by atoms with Crippen molar-refractivity contribution in [3.8, 4) is 0 Å². The number of halogens is 1. The van der Waals surface area contributed by atoms with Gasteiger partial charge in [0.1, 0.15) is 6.67 Å². The molecule has 66 valence electrons. The van der Waals surface area contributed by atoms with Crippen LogP contribution >= 0.6 is 0 Å². The summed E-state index contributed by atoms with van der Waals surface area (Å²) in [6.07, 6.45) is 2.45. The topological polar surface area (TPSA) is 21.3 Å². The first kappa shape index (κ1) is 8.94. The number of hydrogen-bond acceptors (Lipinski definition) is 2. The van der Waals surface area contributed by atoms with Gasteiger partial charge in [0.15, 0.2) is 0 Å². The third kappa shape index (κ3) is 3.68. The molecule has 0 spiro atoms. The highest BCUT2D eigenvalue weighted by Crippen LogP contribution is 2.09. The first-order valence-electron chi connectivity index (χ1n) is 4.28. The maximum Gasteiger partial charge on any atom is 0.113 e. The molecular weight excluding hydrogens is 145 g/mol. The van der Waals surface area contributed by atoms with Gasteiger partial charge in [-0.3, -0.25) is 0 Å². The fraction of sp³-hybridized carbons (Fsp3) is 1.00. The van der Waals surface area contributed by atoms with E-state index in [0.717, 1.165) is 19.7 Å². The summed E-state index contributed by atoms with van der Waals surface area (Å²) < 4.78 is 16.7. The molecule has 1 atom stereocenters. The summed E-state index contributed by atoms with van der Waals surface area (Å²) in [5.41, 5.74) is 0. The van der Waals surface area contributed by atoms with Crippen LogP contribution in [0.3, 0.4) is 0 Å². The molecule has 0 radical (unpaired) electrons. The second-order valence-corrected chi connectivity index (χ2v) is 2.98. The number of nitrogens with one attached hydrogen (secondary N) is 1. The van der Waals surface area contributed by atoms with E-state index in [1.54, 1.807) is 0 Å². The molecule has 0 bridgehead atoms. The predicted molar refractivity (Wildman–Crippen MR) is 42.4 cm³/mol. The average molecular weight is 161 g/mol. The summed E-state index contributed by atoms with van der Waals surface area (Å²) in [6.45, 7) is 2.78. The molecule has 0 aromatic rings. The zero-order valence-electron chi connectivity index (χ0n) is 6.81. The summed E-state index contributed by atoms with van der Waals surface area (Å²) >= 11 is 0. The second-order valence-electron chi connectivity index (χ2n) is 2.98. The summed E-state index contributed by atoms with van der Waals surface area (Å²) in [5.74, 6) is 0.607. The van der Waals surface area contributed by atoms with Crippen LogP contribution in [0.2, 0.25) is 0 Å². The van der Waals surface area contributed by atoms with Crippen molar-refractivity contribution in [3.63, 3.8) is 0 Å². The van der Waals surface area contributed by atoms with Crippen molar-refractivity contribution in [1.29, 1.82) is 0 Å². The van der Waals surface area contributed by atoms with E-state index >= 15 is 0 Å². The minimum absolute atomic E-state index is 0.260. The van der Waals surface area contributed by atoms with Crippen molar-refractivity contribution in [1.82, 2.24) is 5.32 Å². The Morgan fingerprint density at radius 1 is 1.55 bits per heavy atom. The Balaban J connectivity index is 1.96. The molecule has 1 saturated heterocycles. The highest BCUT2D eigenvalue weighted by Gasteiger charge is 2.12. The van der Waals surface area contributed by atoms with Crippen molar-refractivity contribution < 1.29 is 9.13 Å². The van der Waals surface area contributed by atoms with Crippen LogP contribution in [-0.4, -0.2) is 33.0 Å². The van der Waals surface area contributed by atoms with Crippen LogP contribution in [0.25, 0.3) is 0 Å². The van der Waals surface area contributed by atoms with Gasteiger partial charge in [0, 0.05) is 6.54 Å². The van der Waals surface area contributed by atoms with Crippen molar-refractivity contribution in [3.05, 3.63) is 0 Å². The van der Waals surface area contributed by atoms with Crippen LogP contribution < -0.4 is 5.32 Å². The SMILES string of the molecule is FCCOC[C@H]1CCCNC1. The van der Waals surface area contributed by atoms with Gasteiger partial charge in [-0.2, -0.15) is 0 Å². The zero-order valence-corrected chi connectivity index (χ0v) is 6.81. The van der Waals surface area contributed by atoms with Crippen molar-refractivity contribution in [2.75, 3.05) is 33.0 Å². The highest BCUT2D eigenvalue weighted by atomic mass is 19.1. The highest BCUT2D eigenvalue weighted by molar-refractivity contribution is 4.67. The number of hydrogen-bond donors (Lipinski definition) is 1. The molecule has 0 aromatic heterocycles. The maximum absolute atomic E-state index is 11.6. The molecule has 0 aromatic carbocycles. The molecule has 1 aliphatic heterocycles. The van der Waals surface area contributed by atoms with E-state index in [2.05, 4.69) is 5.32 Å². The molecule has 1 fully saturated rings. The summed E-state index contributed by atoms with van der Waals surface area (Å²) in [5, 5.41) is 3.29.